The Morgan fingerprint density at radius 2 is 2.21 bits per heavy atom. The highest BCUT2D eigenvalue weighted by Gasteiger charge is 2.20. The van der Waals surface area contributed by atoms with Crippen LogP contribution in [0.2, 0.25) is 0 Å². The monoisotopic (exact) mass is 260 g/mol. The van der Waals surface area contributed by atoms with Crippen LogP contribution in [-0.4, -0.2) is 44.1 Å². The Labute approximate surface area is 111 Å². The van der Waals surface area contributed by atoms with Crippen molar-refractivity contribution in [1.29, 1.82) is 0 Å². The lowest BCUT2D eigenvalue weighted by molar-refractivity contribution is 0.204. The molecule has 0 aliphatic carbocycles. The molecule has 7 heteroatoms. The van der Waals surface area contributed by atoms with Gasteiger partial charge in [0.1, 0.15) is 12.1 Å². The largest absolute Gasteiger partial charge is 0.367 e. The van der Waals surface area contributed by atoms with Crippen molar-refractivity contribution in [2.45, 2.75) is 25.4 Å². The molecule has 3 heterocycles. The van der Waals surface area contributed by atoms with E-state index >= 15 is 0 Å². The Bertz CT molecular complexity index is 480. The van der Waals surface area contributed by atoms with Crippen molar-refractivity contribution in [3.05, 3.63) is 30.8 Å². The molecule has 1 saturated heterocycles. The van der Waals surface area contributed by atoms with E-state index in [0.29, 0.717) is 6.04 Å². The molecule has 0 aromatic carbocycles. The number of nitrogens with zero attached hydrogens (tertiary/aromatic N) is 5. The first-order valence-corrected chi connectivity index (χ1v) is 6.40. The van der Waals surface area contributed by atoms with E-state index in [2.05, 4.69) is 30.3 Å². The second-order valence-corrected chi connectivity index (χ2v) is 4.64. The van der Waals surface area contributed by atoms with E-state index in [4.69, 9.17) is 4.52 Å². The van der Waals surface area contributed by atoms with Crippen molar-refractivity contribution in [1.82, 2.24) is 25.0 Å². The number of aromatic nitrogens is 4. The van der Waals surface area contributed by atoms with E-state index in [0.717, 1.165) is 44.1 Å². The lowest BCUT2D eigenvalue weighted by Crippen LogP contribution is -2.39. The molecule has 3 rings (SSSR count). The molecule has 0 atom stereocenters. The third-order valence-electron chi connectivity index (χ3n) is 3.29. The zero-order valence-electron chi connectivity index (χ0n) is 10.6. The van der Waals surface area contributed by atoms with Gasteiger partial charge in [-0.1, -0.05) is 5.16 Å². The molecule has 1 aliphatic rings. The Kier molecular flexibility index (Phi) is 3.64. The minimum Gasteiger partial charge on any atom is -0.367 e. The molecule has 0 saturated carbocycles. The molecule has 0 spiro atoms. The molecule has 1 aliphatic heterocycles. The van der Waals surface area contributed by atoms with E-state index in [1.165, 1.54) is 6.39 Å². The summed E-state index contributed by atoms with van der Waals surface area (Å²) in [5, 5.41) is 7.27. The van der Waals surface area contributed by atoms with Crippen LogP contribution in [0.1, 0.15) is 18.7 Å². The number of anilines is 1. The average molecular weight is 260 g/mol. The first kappa shape index (κ1) is 12.0. The van der Waals surface area contributed by atoms with Gasteiger partial charge in [0, 0.05) is 25.3 Å². The minimum atomic E-state index is 0.469. The van der Waals surface area contributed by atoms with Crippen LogP contribution in [0, 0.1) is 0 Å². The van der Waals surface area contributed by atoms with Gasteiger partial charge < -0.3 is 9.84 Å². The van der Waals surface area contributed by atoms with Crippen LogP contribution in [0.3, 0.4) is 0 Å². The van der Waals surface area contributed by atoms with Gasteiger partial charge in [-0.15, -0.1) is 0 Å². The topological polar surface area (TPSA) is 80.0 Å². The Morgan fingerprint density at radius 3 is 2.89 bits per heavy atom. The number of likely N-dealkylation sites (tertiary alicyclic amines) is 1. The molecular formula is C12H16N6O. The van der Waals surface area contributed by atoms with Gasteiger partial charge in [-0.25, -0.2) is 9.97 Å². The molecule has 0 amide bonds. The summed E-state index contributed by atoms with van der Waals surface area (Å²) in [5.41, 5.74) is 0. The maximum absolute atomic E-state index is 4.74. The van der Waals surface area contributed by atoms with Crippen LogP contribution in [0.5, 0.6) is 0 Å². The van der Waals surface area contributed by atoms with Crippen LogP contribution >= 0.6 is 0 Å². The fraction of sp³-hybridized carbons (Fsp3) is 0.500. The summed E-state index contributed by atoms with van der Waals surface area (Å²) in [5.74, 6) is 1.65. The zero-order chi connectivity index (χ0) is 12.9. The highest BCUT2D eigenvalue weighted by atomic mass is 16.5. The fourth-order valence-corrected chi connectivity index (χ4v) is 2.28. The van der Waals surface area contributed by atoms with Gasteiger partial charge in [-0.05, 0) is 18.9 Å². The number of piperidine rings is 1. The van der Waals surface area contributed by atoms with E-state index in [9.17, 15) is 0 Å². The standard InChI is InChI=1S/C12H16N6O/c1-4-13-8-14-11(1)16-10-2-5-18(6-3-10)7-12-15-9-19-17-12/h1,4,8-10H,2-3,5-7H2,(H,13,14,16). The van der Waals surface area contributed by atoms with Crippen molar-refractivity contribution in [2.24, 2.45) is 0 Å². The molecular weight excluding hydrogens is 244 g/mol. The van der Waals surface area contributed by atoms with Crippen LogP contribution < -0.4 is 5.32 Å². The van der Waals surface area contributed by atoms with E-state index in [1.54, 1.807) is 12.5 Å². The predicted molar refractivity (Wildman–Crippen MR) is 68.3 cm³/mol. The molecule has 0 unspecified atom stereocenters. The van der Waals surface area contributed by atoms with E-state index in [-0.39, 0.29) is 0 Å². The highest BCUT2D eigenvalue weighted by Crippen LogP contribution is 2.15. The van der Waals surface area contributed by atoms with Crippen LogP contribution in [0.4, 0.5) is 5.82 Å². The molecule has 0 radical (unpaired) electrons. The molecule has 1 N–H and O–H groups in total. The third kappa shape index (κ3) is 3.25. The molecule has 0 bridgehead atoms. The summed E-state index contributed by atoms with van der Waals surface area (Å²) < 4.78 is 4.74. The second kappa shape index (κ2) is 5.75. The maximum Gasteiger partial charge on any atom is 0.213 e. The maximum atomic E-state index is 4.74. The summed E-state index contributed by atoms with van der Waals surface area (Å²) >= 11 is 0. The van der Waals surface area contributed by atoms with Crippen LogP contribution in [-0.2, 0) is 6.54 Å². The normalized spacial score (nSPS) is 17.5. The Hall–Kier alpha value is -2.02. The van der Waals surface area contributed by atoms with Gasteiger partial charge in [-0.3, -0.25) is 4.90 Å². The second-order valence-electron chi connectivity index (χ2n) is 4.64. The fourth-order valence-electron chi connectivity index (χ4n) is 2.28. The summed E-state index contributed by atoms with van der Waals surface area (Å²) in [6.07, 6.45) is 6.86. The minimum absolute atomic E-state index is 0.469. The molecule has 2 aromatic heterocycles. The van der Waals surface area contributed by atoms with Gasteiger partial charge >= 0.3 is 0 Å². The highest BCUT2D eigenvalue weighted by molar-refractivity contribution is 5.33. The van der Waals surface area contributed by atoms with E-state index in [1.807, 2.05) is 6.07 Å². The van der Waals surface area contributed by atoms with Crippen molar-refractivity contribution >= 4 is 5.82 Å². The summed E-state index contributed by atoms with van der Waals surface area (Å²) in [4.78, 5) is 14.5. The van der Waals surface area contributed by atoms with Crippen molar-refractivity contribution in [2.75, 3.05) is 18.4 Å². The number of nitrogens with one attached hydrogen (secondary N) is 1. The first-order valence-electron chi connectivity index (χ1n) is 6.40. The molecule has 100 valence electrons. The van der Waals surface area contributed by atoms with Crippen molar-refractivity contribution in [3.63, 3.8) is 0 Å². The quantitative estimate of drug-likeness (QED) is 0.876. The SMILES string of the molecule is c1cc(NC2CCN(Cc3ncon3)CC2)ncn1. The summed E-state index contributed by atoms with van der Waals surface area (Å²) in [6, 6.07) is 2.36. The molecule has 7 nitrogen and oxygen atoms in total. The lowest BCUT2D eigenvalue weighted by Gasteiger charge is -2.31. The lowest BCUT2D eigenvalue weighted by atomic mass is 10.1. The summed E-state index contributed by atoms with van der Waals surface area (Å²) in [7, 11) is 0. The number of hydrogen-bond acceptors (Lipinski definition) is 7. The first-order chi connectivity index (χ1) is 9.40. The zero-order valence-corrected chi connectivity index (χ0v) is 10.6. The molecule has 1 fully saturated rings. The smallest absolute Gasteiger partial charge is 0.213 e. The van der Waals surface area contributed by atoms with Crippen molar-refractivity contribution in [3.8, 4) is 0 Å². The van der Waals surface area contributed by atoms with E-state index < -0.39 is 0 Å². The van der Waals surface area contributed by atoms with Gasteiger partial charge in [-0.2, -0.15) is 4.98 Å². The Balaban J connectivity index is 1.47. The number of hydrogen-bond donors (Lipinski definition) is 1. The Morgan fingerprint density at radius 1 is 1.32 bits per heavy atom. The van der Waals surface area contributed by atoms with Crippen LogP contribution in [0.15, 0.2) is 29.5 Å². The average Bonchev–Trinajstić information content (AvgIpc) is 2.95. The molecule has 2 aromatic rings. The number of rotatable bonds is 4. The van der Waals surface area contributed by atoms with Gasteiger partial charge in [0.25, 0.3) is 0 Å². The van der Waals surface area contributed by atoms with Gasteiger partial charge in [0.15, 0.2) is 5.82 Å². The van der Waals surface area contributed by atoms with Crippen molar-refractivity contribution < 1.29 is 4.52 Å². The van der Waals surface area contributed by atoms with Gasteiger partial charge in [0.05, 0.1) is 6.54 Å². The third-order valence-corrected chi connectivity index (χ3v) is 3.29. The summed E-state index contributed by atoms with van der Waals surface area (Å²) in [6.45, 7) is 2.81. The predicted octanol–water partition coefficient (Wildman–Crippen LogP) is 0.936. The molecule has 19 heavy (non-hydrogen) atoms. The van der Waals surface area contributed by atoms with Gasteiger partial charge in [0.2, 0.25) is 6.39 Å². The van der Waals surface area contributed by atoms with Crippen LogP contribution in [0.25, 0.3) is 0 Å².